The molecule has 1 aliphatic rings. The zero-order valence-corrected chi connectivity index (χ0v) is 22.9. The van der Waals surface area contributed by atoms with Gasteiger partial charge in [0.1, 0.15) is 0 Å². The number of amides is 2. The van der Waals surface area contributed by atoms with Crippen LogP contribution >= 0.6 is 23.2 Å². The molecule has 0 aliphatic carbocycles. The van der Waals surface area contributed by atoms with Crippen LogP contribution in [0, 0.1) is 0 Å². The average Bonchev–Trinajstić information content (AvgIpc) is 2.90. The summed E-state index contributed by atoms with van der Waals surface area (Å²) in [5.41, 5.74) is 2.33. The number of aromatic nitrogens is 1. The number of benzene rings is 2. The molecule has 3 unspecified atom stereocenters. The Morgan fingerprint density at radius 3 is 2.31 bits per heavy atom. The molecule has 1 saturated heterocycles. The van der Waals surface area contributed by atoms with Gasteiger partial charge in [-0.05, 0) is 61.9 Å². The summed E-state index contributed by atoms with van der Waals surface area (Å²) in [5.74, 6) is -1.96. The van der Waals surface area contributed by atoms with Crippen LogP contribution in [-0.2, 0) is 9.53 Å². The van der Waals surface area contributed by atoms with E-state index in [1.807, 2.05) is 13.8 Å². The molecular weight excluding hydrogens is 543 g/mol. The van der Waals surface area contributed by atoms with E-state index in [1.165, 1.54) is 18.5 Å². The molecule has 2 heterocycles. The van der Waals surface area contributed by atoms with Crippen molar-refractivity contribution in [3.8, 4) is 0 Å². The SMILES string of the molecule is CC1COCC(C)N1c1ccc(C(=O)NC(CC(=O)O)c2ccc(Cl)c(Cl)c2)cc1NC(=O)c1ccncc1. The number of ether oxygens (including phenoxy) is 1. The van der Waals surface area contributed by atoms with E-state index in [-0.39, 0.29) is 35.0 Å². The number of halogens is 2. The van der Waals surface area contributed by atoms with Crippen molar-refractivity contribution in [2.75, 3.05) is 23.4 Å². The number of pyridine rings is 1. The lowest BCUT2D eigenvalue weighted by Gasteiger charge is -2.41. The van der Waals surface area contributed by atoms with Crippen LogP contribution in [0.3, 0.4) is 0 Å². The first-order chi connectivity index (χ1) is 18.6. The number of carbonyl (C=O) groups excluding carboxylic acids is 2. The minimum Gasteiger partial charge on any atom is -0.481 e. The van der Waals surface area contributed by atoms with E-state index in [0.717, 1.165) is 5.69 Å². The predicted molar refractivity (Wildman–Crippen MR) is 150 cm³/mol. The van der Waals surface area contributed by atoms with Gasteiger partial charge < -0.3 is 25.4 Å². The molecule has 39 heavy (non-hydrogen) atoms. The number of hydrogen-bond acceptors (Lipinski definition) is 6. The molecule has 2 aromatic carbocycles. The Balaban J connectivity index is 1.67. The van der Waals surface area contributed by atoms with Gasteiger partial charge in [0.2, 0.25) is 0 Å². The lowest BCUT2D eigenvalue weighted by molar-refractivity contribution is -0.137. The number of hydrogen-bond donors (Lipinski definition) is 3. The van der Waals surface area contributed by atoms with Crippen LogP contribution in [0.15, 0.2) is 60.9 Å². The second-order valence-corrected chi connectivity index (χ2v) is 10.2. The zero-order chi connectivity index (χ0) is 28.1. The summed E-state index contributed by atoms with van der Waals surface area (Å²) in [4.78, 5) is 44.1. The summed E-state index contributed by atoms with van der Waals surface area (Å²) < 4.78 is 5.67. The van der Waals surface area contributed by atoms with Gasteiger partial charge >= 0.3 is 5.97 Å². The van der Waals surface area contributed by atoms with Gasteiger partial charge in [-0.3, -0.25) is 19.4 Å². The van der Waals surface area contributed by atoms with Crippen molar-refractivity contribution in [3.63, 3.8) is 0 Å². The third kappa shape index (κ3) is 6.86. The molecule has 11 heteroatoms. The number of morpholine rings is 1. The summed E-state index contributed by atoms with van der Waals surface area (Å²) >= 11 is 12.1. The second kappa shape index (κ2) is 12.5. The smallest absolute Gasteiger partial charge is 0.305 e. The molecule has 9 nitrogen and oxygen atoms in total. The highest BCUT2D eigenvalue weighted by Crippen LogP contribution is 2.33. The maximum Gasteiger partial charge on any atom is 0.305 e. The molecule has 3 aromatic rings. The highest BCUT2D eigenvalue weighted by molar-refractivity contribution is 6.42. The molecule has 1 aliphatic heterocycles. The van der Waals surface area contributed by atoms with Crippen molar-refractivity contribution < 1.29 is 24.2 Å². The van der Waals surface area contributed by atoms with Crippen LogP contribution in [0.4, 0.5) is 11.4 Å². The number of rotatable bonds is 8. The summed E-state index contributed by atoms with van der Waals surface area (Å²) in [6.07, 6.45) is 2.69. The molecule has 3 N–H and O–H groups in total. The fourth-order valence-corrected chi connectivity index (χ4v) is 4.88. The van der Waals surface area contributed by atoms with Crippen LogP contribution in [0.1, 0.15) is 52.6 Å². The number of carbonyl (C=O) groups is 3. The maximum absolute atomic E-state index is 13.4. The fourth-order valence-electron chi connectivity index (χ4n) is 4.58. The van der Waals surface area contributed by atoms with Crippen molar-refractivity contribution in [1.29, 1.82) is 0 Å². The summed E-state index contributed by atoms with van der Waals surface area (Å²) in [7, 11) is 0. The van der Waals surface area contributed by atoms with E-state index in [2.05, 4.69) is 20.5 Å². The summed E-state index contributed by atoms with van der Waals surface area (Å²) in [6.45, 7) is 5.09. The Hall–Kier alpha value is -3.66. The first-order valence-corrected chi connectivity index (χ1v) is 13.1. The van der Waals surface area contributed by atoms with Gasteiger partial charge in [-0.1, -0.05) is 29.3 Å². The molecular formula is C28H28Cl2N4O5. The van der Waals surface area contributed by atoms with Gasteiger partial charge in [-0.25, -0.2) is 0 Å². The number of carboxylic acids is 1. The Labute approximate surface area is 236 Å². The lowest BCUT2D eigenvalue weighted by Crippen LogP contribution is -2.50. The summed E-state index contributed by atoms with van der Waals surface area (Å²) in [5, 5.41) is 15.7. The number of anilines is 2. The van der Waals surface area contributed by atoms with E-state index < -0.39 is 17.9 Å². The molecule has 1 aromatic heterocycles. The van der Waals surface area contributed by atoms with Crippen LogP contribution in [-0.4, -0.2) is 53.2 Å². The normalized spacial score (nSPS) is 17.8. The monoisotopic (exact) mass is 570 g/mol. The van der Waals surface area contributed by atoms with Crippen LogP contribution in [0.5, 0.6) is 0 Å². The number of carboxylic acid groups (broad SMARTS) is 1. The van der Waals surface area contributed by atoms with E-state index in [9.17, 15) is 19.5 Å². The largest absolute Gasteiger partial charge is 0.481 e. The van der Waals surface area contributed by atoms with Crippen LogP contribution < -0.4 is 15.5 Å². The van der Waals surface area contributed by atoms with Gasteiger partial charge in [-0.15, -0.1) is 0 Å². The van der Waals surface area contributed by atoms with Gasteiger partial charge in [0, 0.05) is 35.6 Å². The number of nitrogens with one attached hydrogen (secondary N) is 2. The minimum atomic E-state index is -1.10. The van der Waals surface area contributed by atoms with Gasteiger partial charge in [0.05, 0.1) is 47.1 Å². The average molecular weight is 571 g/mol. The Bertz CT molecular complexity index is 1360. The molecule has 1 fully saturated rings. The molecule has 0 spiro atoms. The molecule has 2 amide bonds. The van der Waals surface area contributed by atoms with E-state index in [1.54, 1.807) is 42.5 Å². The van der Waals surface area contributed by atoms with Crippen molar-refractivity contribution >= 4 is 52.4 Å². The van der Waals surface area contributed by atoms with Crippen LogP contribution in [0.25, 0.3) is 0 Å². The van der Waals surface area contributed by atoms with Crippen molar-refractivity contribution in [1.82, 2.24) is 10.3 Å². The van der Waals surface area contributed by atoms with E-state index in [0.29, 0.717) is 35.1 Å². The molecule has 204 valence electrons. The predicted octanol–water partition coefficient (Wildman–Crippen LogP) is 5.20. The van der Waals surface area contributed by atoms with Crippen molar-refractivity contribution in [3.05, 3.63) is 87.7 Å². The highest BCUT2D eigenvalue weighted by Gasteiger charge is 2.29. The molecule has 0 bridgehead atoms. The maximum atomic E-state index is 13.4. The zero-order valence-electron chi connectivity index (χ0n) is 21.4. The first-order valence-electron chi connectivity index (χ1n) is 12.3. The Kier molecular flexibility index (Phi) is 9.06. The third-order valence-corrected chi connectivity index (χ3v) is 7.16. The Morgan fingerprint density at radius 1 is 0.974 bits per heavy atom. The third-order valence-electron chi connectivity index (χ3n) is 6.43. The van der Waals surface area contributed by atoms with E-state index >= 15 is 0 Å². The van der Waals surface area contributed by atoms with Crippen LogP contribution in [0.2, 0.25) is 10.0 Å². The Morgan fingerprint density at radius 2 is 1.67 bits per heavy atom. The topological polar surface area (TPSA) is 121 Å². The van der Waals surface area contributed by atoms with E-state index in [4.69, 9.17) is 27.9 Å². The quantitative estimate of drug-likeness (QED) is 0.340. The second-order valence-electron chi connectivity index (χ2n) is 9.36. The minimum absolute atomic E-state index is 0.0274. The fraction of sp³-hybridized carbons (Fsp3) is 0.286. The van der Waals surface area contributed by atoms with Crippen molar-refractivity contribution in [2.24, 2.45) is 0 Å². The first kappa shape index (κ1) is 28.4. The molecule has 4 rings (SSSR count). The number of aliphatic carboxylic acids is 1. The van der Waals surface area contributed by atoms with Gasteiger partial charge in [-0.2, -0.15) is 0 Å². The molecule has 3 atom stereocenters. The molecule has 0 radical (unpaired) electrons. The van der Waals surface area contributed by atoms with Gasteiger partial charge in [0.15, 0.2) is 0 Å². The summed E-state index contributed by atoms with van der Waals surface area (Å²) in [6, 6.07) is 12.1. The van der Waals surface area contributed by atoms with Gasteiger partial charge in [0.25, 0.3) is 11.8 Å². The van der Waals surface area contributed by atoms with Crippen molar-refractivity contribution in [2.45, 2.75) is 38.4 Å². The number of nitrogens with zero attached hydrogens (tertiary/aromatic N) is 2. The molecule has 0 saturated carbocycles. The standard InChI is InChI=1S/C28H28Cl2N4O5/c1-16-14-39-15-17(2)34(16)25-6-4-20(12-24(25)33-27(37)18-7-9-31-10-8-18)28(38)32-23(13-26(35)36)19-3-5-21(29)22(30)11-19/h3-12,16-17,23H,13-15H2,1-2H3,(H,32,38)(H,33,37)(H,35,36). The lowest BCUT2D eigenvalue weighted by atomic mass is 10.0. The highest BCUT2D eigenvalue weighted by atomic mass is 35.5.